The molecule has 0 unspecified atom stereocenters. The molecule has 1 aliphatic rings. The zero-order valence-electron chi connectivity index (χ0n) is 26.7. The molecule has 4 aromatic rings. The summed E-state index contributed by atoms with van der Waals surface area (Å²) in [5.74, 6) is -0.269. The van der Waals surface area contributed by atoms with Crippen LogP contribution in [0.25, 0.3) is 22.0 Å². The molecule has 1 fully saturated rings. The SMILES string of the molecule is CC(C)(C)OC(=O)NCCCn1cc(-c2ccc(OC(F)(F)F)cc2)c2cc(CN3CCN(Cc4c(Cl)cccc4Cl)CC3)ccc21. The number of fused-ring (bicyclic) bond motifs is 1. The molecule has 0 saturated carbocycles. The highest BCUT2D eigenvalue weighted by molar-refractivity contribution is 6.35. The third-order valence-corrected chi connectivity index (χ3v) is 8.61. The Bertz CT molecular complexity index is 1660. The average molecular weight is 692 g/mol. The van der Waals surface area contributed by atoms with E-state index in [-0.39, 0.29) is 5.75 Å². The van der Waals surface area contributed by atoms with Crippen molar-refractivity contribution in [1.29, 1.82) is 0 Å². The Labute approximate surface area is 283 Å². The van der Waals surface area contributed by atoms with Crippen LogP contribution in [-0.2, 0) is 24.4 Å². The minimum Gasteiger partial charge on any atom is -0.444 e. The van der Waals surface area contributed by atoms with Crippen LogP contribution in [0.3, 0.4) is 0 Å². The maximum atomic E-state index is 12.8. The van der Waals surface area contributed by atoms with Crippen molar-refractivity contribution in [2.75, 3.05) is 32.7 Å². The van der Waals surface area contributed by atoms with Gasteiger partial charge in [0.2, 0.25) is 0 Å². The first-order chi connectivity index (χ1) is 22.2. The van der Waals surface area contributed by atoms with Crippen LogP contribution in [0.1, 0.15) is 38.3 Å². The van der Waals surface area contributed by atoms with Gasteiger partial charge in [0.05, 0.1) is 0 Å². The summed E-state index contributed by atoms with van der Waals surface area (Å²) in [4.78, 5) is 16.8. The summed E-state index contributed by atoms with van der Waals surface area (Å²) < 4.78 is 49.8. The van der Waals surface area contributed by atoms with Crippen molar-refractivity contribution < 1.29 is 27.4 Å². The lowest BCUT2D eigenvalue weighted by Gasteiger charge is -2.35. The Hall–Kier alpha value is -3.44. The number of hydrogen-bond acceptors (Lipinski definition) is 5. The molecular weight excluding hydrogens is 652 g/mol. The summed E-state index contributed by atoms with van der Waals surface area (Å²) in [5, 5.41) is 5.15. The molecule has 1 amide bonds. The highest BCUT2D eigenvalue weighted by Crippen LogP contribution is 2.34. The molecule has 0 atom stereocenters. The van der Waals surface area contributed by atoms with Gasteiger partial charge in [0.25, 0.3) is 0 Å². The maximum Gasteiger partial charge on any atom is 0.573 e. The number of carbonyl (C=O) groups is 1. The lowest BCUT2D eigenvalue weighted by Crippen LogP contribution is -2.45. The van der Waals surface area contributed by atoms with Crippen molar-refractivity contribution in [2.24, 2.45) is 0 Å². The number of alkyl carbamates (subject to hydrolysis) is 1. The Morgan fingerprint density at radius 2 is 1.53 bits per heavy atom. The first kappa shape index (κ1) is 34.9. The second kappa shape index (κ2) is 14.8. The summed E-state index contributed by atoms with van der Waals surface area (Å²) in [6.07, 6.45) is -2.55. The van der Waals surface area contributed by atoms with Gasteiger partial charge in [-0.1, -0.05) is 47.5 Å². The van der Waals surface area contributed by atoms with Crippen LogP contribution >= 0.6 is 23.2 Å². The van der Waals surface area contributed by atoms with Gasteiger partial charge in [0, 0.05) is 90.6 Å². The van der Waals surface area contributed by atoms with Crippen LogP contribution in [0.5, 0.6) is 5.75 Å². The molecule has 1 aliphatic heterocycles. The zero-order valence-corrected chi connectivity index (χ0v) is 28.2. The number of benzene rings is 3. The molecular formula is C35H39Cl2F3N4O3. The van der Waals surface area contributed by atoms with E-state index in [9.17, 15) is 18.0 Å². The number of aromatic nitrogens is 1. The number of aryl methyl sites for hydroxylation is 1. The Kier molecular flexibility index (Phi) is 11.0. The van der Waals surface area contributed by atoms with Crippen LogP contribution in [-0.4, -0.2) is 65.1 Å². The number of nitrogens with one attached hydrogen (secondary N) is 1. The van der Waals surface area contributed by atoms with E-state index in [2.05, 4.69) is 42.6 Å². The molecule has 1 aromatic heterocycles. The zero-order chi connectivity index (χ0) is 33.8. The molecule has 0 spiro atoms. The number of carbonyl (C=O) groups excluding carboxylic acids is 1. The summed E-state index contributed by atoms with van der Waals surface area (Å²) in [6, 6.07) is 17.9. The molecule has 12 heteroatoms. The molecule has 0 radical (unpaired) electrons. The molecule has 3 aromatic carbocycles. The van der Waals surface area contributed by atoms with Gasteiger partial charge in [-0.15, -0.1) is 13.2 Å². The van der Waals surface area contributed by atoms with Crippen molar-refractivity contribution in [1.82, 2.24) is 19.7 Å². The third kappa shape index (κ3) is 9.79. The largest absolute Gasteiger partial charge is 0.573 e. The molecule has 0 bridgehead atoms. The van der Waals surface area contributed by atoms with Crippen LogP contribution in [0, 0.1) is 0 Å². The number of rotatable bonds is 10. The lowest BCUT2D eigenvalue weighted by molar-refractivity contribution is -0.274. The van der Waals surface area contributed by atoms with Crippen molar-refractivity contribution in [3.8, 4) is 16.9 Å². The van der Waals surface area contributed by atoms with Crippen molar-refractivity contribution in [2.45, 2.75) is 58.8 Å². The third-order valence-electron chi connectivity index (χ3n) is 7.90. The summed E-state index contributed by atoms with van der Waals surface area (Å²) in [6.45, 7) is 11.5. The van der Waals surface area contributed by atoms with E-state index in [1.165, 1.54) is 12.1 Å². The van der Waals surface area contributed by atoms with Gasteiger partial charge in [-0.2, -0.15) is 0 Å². The van der Waals surface area contributed by atoms with Gasteiger partial charge in [-0.25, -0.2) is 4.79 Å². The van der Waals surface area contributed by atoms with Gasteiger partial charge in [-0.05, 0) is 74.7 Å². The summed E-state index contributed by atoms with van der Waals surface area (Å²) in [7, 11) is 0. The highest BCUT2D eigenvalue weighted by atomic mass is 35.5. The van der Waals surface area contributed by atoms with E-state index >= 15 is 0 Å². The number of nitrogens with zero attached hydrogens (tertiary/aromatic N) is 3. The molecule has 1 saturated heterocycles. The lowest BCUT2D eigenvalue weighted by atomic mass is 10.0. The predicted molar refractivity (Wildman–Crippen MR) is 180 cm³/mol. The summed E-state index contributed by atoms with van der Waals surface area (Å²) >= 11 is 12.8. The first-order valence-electron chi connectivity index (χ1n) is 15.6. The Morgan fingerprint density at radius 1 is 0.894 bits per heavy atom. The number of alkyl halides is 3. The van der Waals surface area contributed by atoms with E-state index in [0.29, 0.717) is 36.1 Å². The van der Waals surface area contributed by atoms with E-state index in [0.717, 1.165) is 65.9 Å². The minimum atomic E-state index is -4.76. The minimum absolute atomic E-state index is 0.269. The second-order valence-electron chi connectivity index (χ2n) is 12.7. The van der Waals surface area contributed by atoms with Gasteiger partial charge in [0.1, 0.15) is 11.4 Å². The Morgan fingerprint density at radius 3 is 2.15 bits per heavy atom. The molecule has 0 aliphatic carbocycles. The van der Waals surface area contributed by atoms with Crippen LogP contribution < -0.4 is 10.1 Å². The number of piperazine rings is 1. The van der Waals surface area contributed by atoms with Crippen molar-refractivity contribution >= 4 is 40.2 Å². The average Bonchev–Trinajstić information content (AvgIpc) is 3.34. The maximum absolute atomic E-state index is 12.8. The molecule has 2 heterocycles. The fourth-order valence-electron chi connectivity index (χ4n) is 5.72. The number of hydrogen-bond donors (Lipinski definition) is 1. The molecule has 252 valence electrons. The highest BCUT2D eigenvalue weighted by Gasteiger charge is 2.31. The summed E-state index contributed by atoms with van der Waals surface area (Å²) in [5.41, 5.74) is 4.19. The molecule has 7 nitrogen and oxygen atoms in total. The van der Waals surface area contributed by atoms with Gasteiger partial charge in [-0.3, -0.25) is 9.80 Å². The van der Waals surface area contributed by atoms with Crippen molar-refractivity contribution in [3.05, 3.63) is 88.0 Å². The monoisotopic (exact) mass is 690 g/mol. The van der Waals surface area contributed by atoms with E-state index < -0.39 is 18.1 Å². The molecule has 1 N–H and O–H groups in total. The van der Waals surface area contributed by atoms with E-state index in [1.54, 1.807) is 12.1 Å². The topological polar surface area (TPSA) is 59.0 Å². The van der Waals surface area contributed by atoms with Crippen LogP contribution in [0.4, 0.5) is 18.0 Å². The standard InChI is InChI=1S/C35H39Cl2F3N4O3/c1-34(2,3)47-33(45)41-14-5-15-44-23-28(25-9-11-26(12-10-25)46-35(38,39)40)27-20-24(8-13-32(27)44)21-42-16-18-43(19-17-42)22-29-30(36)6-4-7-31(29)37/h4,6-13,20,23H,5,14-19,21-22H2,1-3H3,(H,41,45). The van der Waals surface area contributed by atoms with Crippen LogP contribution in [0.15, 0.2) is 66.9 Å². The van der Waals surface area contributed by atoms with Gasteiger partial charge in [0.15, 0.2) is 0 Å². The number of halogens is 5. The van der Waals surface area contributed by atoms with Crippen LogP contribution in [0.2, 0.25) is 10.0 Å². The number of amides is 1. The Balaban J connectivity index is 1.30. The van der Waals surface area contributed by atoms with E-state index in [1.807, 2.05) is 45.2 Å². The number of ether oxygens (including phenoxy) is 2. The fourth-order valence-corrected chi connectivity index (χ4v) is 6.24. The predicted octanol–water partition coefficient (Wildman–Crippen LogP) is 8.75. The van der Waals surface area contributed by atoms with Gasteiger partial charge < -0.3 is 19.4 Å². The molecule has 5 rings (SSSR count). The quantitative estimate of drug-likeness (QED) is 0.169. The normalized spacial score (nSPS) is 14.8. The van der Waals surface area contributed by atoms with E-state index in [4.69, 9.17) is 27.9 Å². The smallest absolute Gasteiger partial charge is 0.444 e. The van der Waals surface area contributed by atoms with Gasteiger partial charge >= 0.3 is 12.5 Å². The second-order valence-corrected chi connectivity index (χ2v) is 13.5. The van der Waals surface area contributed by atoms with Crippen molar-refractivity contribution in [3.63, 3.8) is 0 Å². The fraction of sp³-hybridized carbons (Fsp3) is 0.400. The first-order valence-corrected chi connectivity index (χ1v) is 16.3. The molecule has 47 heavy (non-hydrogen) atoms.